The standard InChI is InChI=1S/C32H39N3O8S2Si/c1-6-19-42-31(37)28(33(2)45(39,40)26-14-12-25(13-15-26)43-24-10-8-7-9-11-24)16-18-34-30(36)29-27(17-21-44-29)35(32(34)38)23-41-20-22-46(3,4)5/h6-15,17,21,28H,1,16,18-20,22-23H2,2-5H3. The fourth-order valence-corrected chi connectivity index (χ4v) is 7.50. The Hall–Kier alpha value is -3.82. The first kappa shape index (κ1) is 35.0. The van der Waals surface area contributed by atoms with E-state index in [0.29, 0.717) is 28.3 Å². The van der Waals surface area contributed by atoms with Crippen LogP contribution in [0, 0.1) is 0 Å². The predicted molar refractivity (Wildman–Crippen MR) is 182 cm³/mol. The summed E-state index contributed by atoms with van der Waals surface area (Å²) >= 11 is 1.19. The third-order valence-corrected chi connectivity index (χ3v) is 11.7. The molecule has 1 unspecified atom stereocenters. The van der Waals surface area contributed by atoms with Crippen LogP contribution in [0.25, 0.3) is 10.2 Å². The maximum absolute atomic E-state index is 13.7. The molecule has 0 bridgehead atoms. The monoisotopic (exact) mass is 685 g/mol. The Bertz CT molecular complexity index is 1880. The zero-order valence-electron chi connectivity index (χ0n) is 26.4. The first-order valence-corrected chi connectivity index (χ1v) is 20.7. The lowest BCUT2D eigenvalue weighted by Gasteiger charge is -2.26. The number of esters is 1. The molecule has 0 aliphatic heterocycles. The summed E-state index contributed by atoms with van der Waals surface area (Å²) in [6.45, 7) is 10.3. The van der Waals surface area contributed by atoms with Crippen molar-refractivity contribution in [1.29, 1.82) is 0 Å². The van der Waals surface area contributed by atoms with Gasteiger partial charge >= 0.3 is 11.7 Å². The molecule has 4 rings (SSSR count). The molecular formula is C32H39N3O8S2Si. The van der Waals surface area contributed by atoms with Crippen molar-refractivity contribution in [3.63, 3.8) is 0 Å². The summed E-state index contributed by atoms with van der Waals surface area (Å²) < 4.78 is 47.9. The van der Waals surface area contributed by atoms with Crippen LogP contribution in [0.3, 0.4) is 0 Å². The van der Waals surface area contributed by atoms with Gasteiger partial charge in [0.1, 0.15) is 35.6 Å². The Balaban J connectivity index is 1.59. The average molecular weight is 686 g/mol. The van der Waals surface area contributed by atoms with Crippen LogP contribution in [-0.2, 0) is 37.6 Å². The Kier molecular flexibility index (Phi) is 11.6. The number of rotatable bonds is 16. The molecule has 46 heavy (non-hydrogen) atoms. The maximum atomic E-state index is 13.7. The van der Waals surface area contributed by atoms with Gasteiger partial charge in [-0.3, -0.25) is 18.7 Å². The van der Waals surface area contributed by atoms with Crippen LogP contribution in [0.5, 0.6) is 11.5 Å². The Morgan fingerprint density at radius 2 is 1.70 bits per heavy atom. The Morgan fingerprint density at radius 1 is 1.02 bits per heavy atom. The van der Waals surface area contributed by atoms with Gasteiger partial charge in [0.15, 0.2) is 0 Å². The summed E-state index contributed by atoms with van der Waals surface area (Å²) in [6.07, 6.45) is 1.16. The third kappa shape index (κ3) is 8.50. The fourth-order valence-electron chi connectivity index (χ4n) is 4.56. The Morgan fingerprint density at radius 3 is 2.35 bits per heavy atom. The van der Waals surface area contributed by atoms with Gasteiger partial charge in [-0.05, 0) is 60.3 Å². The number of thiophene rings is 1. The summed E-state index contributed by atoms with van der Waals surface area (Å²) in [6, 6.07) is 16.1. The van der Waals surface area contributed by atoms with Crippen LogP contribution in [0.2, 0.25) is 25.7 Å². The van der Waals surface area contributed by atoms with E-state index in [0.717, 1.165) is 14.9 Å². The van der Waals surface area contributed by atoms with Gasteiger partial charge in [0.2, 0.25) is 10.0 Å². The minimum absolute atomic E-state index is 0.0418. The third-order valence-electron chi connectivity index (χ3n) is 7.21. The van der Waals surface area contributed by atoms with Crippen LogP contribution < -0.4 is 16.0 Å². The highest BCUT2D eigenvalue weighted by Gasteiger charge is 2.34. The second-order valence-corrected chi connectivity index (χ2v) is 20.3. The highest BCUT2D eigenvalue weighted by molar-refractivity contribution is 7.89. The van der Waals surface area contributed by atoms with Gasteiger partial charge < -0.3 is 14.2 Å². The van der Waals surface area contributed by atoms with Crippen molar-refractivity contribution in [3.05, 3.63) is 99.5 Å². The normalized spacial score (nSPS) is 12.7. The van der Waals surface area contributed by atoms with E-state index in [4.69, 9.17) is 14.2 Å². The molecule has 2 aromatic carbocycles. The van der Waals surface area contributed by atoms with Gasteiger partial charge in [-0.2, -0.15) is 4.31 Å². The van der Waals surface area contributed by atoms with Crippen LogP contribution in [0.1, 0.15) is 6.42 Å². The van der Waals surface area contributed by atoms with E-state index < -0.39 is 41.4 Å². The maximum Gasteiger partial charge on any atom is 0.333 e. The van der Waals surface area contributed by atoms with Crippen molar-refractivity contribution in [1.82, 2.24) is 13.4 Å². The number of hydrogen-bond acceptors (Lipinski definition) is 9. The molecule has 0 saturated heterocycles. The van der Waals surface area contributed by atoms with Crippen molar-refractivity contribution in [2.24, 2.45) is 0 Å². The Labute approximate surface area is 273 Å². The van der Waals surface area contributed by atoms with E-state index in [1.807, 2.05) is 18.2 Å². The molecule has 0 spiro atoms. The topological polar surface area (TPSA) is 126 Å². The van der Waals surface area contributed by atoms with Crippen molar-refractivity contribution < 1.29 is 27.4 Å². The van der Waals surface area contributed by atoms with Crippen LogP contribution >= 0.6 is 11.3 Å². The van der Waals surface area contributed by atoms with Crippen molar-refractivity contribution >= 4 is 45.6 Å². The highest BCUT2D eigenvalue weighted by Crippen LogP contribution is 2.25. The molecule has 0 N–H and O–H groups in total. The van der Waals surface area contributed by atoms with E-state index >= 15 is 0 Å². The molecule has 2 heterocycles. The number of carbonyl (C=O) groups excluding carboxylic acids is 1. The highest BCUT2D eigenvalue weighted by atomic mass is 32.2. The molecule has 0 aliphatic rings. The molecule has 0 aliphatic carbocycles. The molecule has 0 radical (unpaired) electrons. The predicted octanol–water partition coefficient (Wildman–Crippen LogP) is 5.14. The van der Waals surface area contributed by atoms with E-state index in [1.54, 1.807) is 23.6 Å². The lowest BCUT2D eigenvalue weighted by molar-refractivity contribution is -0.147. The number of hydrogen-bond donors (Lipinski definition) is 0. The molecule has 0 amide bonds. The average Bonchev–Trinajstić information content (AvgIpc) is 3.51. The summed E-state index contributed by atoms with van der Waals surface area (Å²) in [4.78, 5) is 40.1. The molecule has 0 fully saturated rings. The SMILES string of the molecule is C=CCOC(=O)C(CCn1c(=O)c2sccc2n(COCC[Si](C)(C)C)c1=O)N(C)S(=O)(=O)c1ccc(Oc2ccccc2)cc1. The van der Waals surface area contributed by atoms with Crippen LogP contribution in [0.15, 0.2) is 93.2 Å². The van der Waals surface area contributed by atoms with Gasteiger partial charge in [0.05, 0.1) is 10.4 Å². The molecule has 4 aromatic rings. The second-order valence-electron chi connectivity index (χ2n) is 11.8. The number of benzene rings is 2. The molecular weight excluding hydrogens is 647 g/mol. The van der Waals surface area contributed by atoms with Crippen LogP contribution in [-0.4, -0.2) is 62.2 Å². The first-order chi connectivity index (χ1) is 21.8. The van der Waals surface area contributed by atoms with E-state index in [9.17, 15) is 22.8 Å². The minimum Gasteiger partial charge on any atom is -0.460 e. The number of ether oxygens (including phenoxy) is 3. The molecule has 246 valence electrons. The van der Waals surface area contributed by atoms with Gasteiger partial charge in [0, 0.05) is 28.3 Å². The smallest absolute Gasteiger partial charge is 0.333 e. The molecule has 0 saturated carbocycles. The molecule has 11 nitrogen and oxygen atoms in total. The van der Waals surface area contributed by atoms with Gasteiger partial charge in [-0.1, -0.05) is 50.5 Å². The fraction of sp³-hybridized carbons (Fsp3) is 0.344. The van der Waals surface area contributed by atoms with E-state index in [-0.39, 0.29) is 31.2 Å². The summed E-state index contributed by atoms with van der Waals surface area (Å²) in [5.74, 6) is 0.183. The molecule has 2 aromatic heterocycles. The summed E-state index contributed by atoms with van der Waals surface area (Å²) in [7, 11) is -4.32. The largest absolute Gasteiger partial charge is 0.460 e. The van der Waals surface area contributed by atoms with E-state index in [2.05, 4.69) is 26.2 Å². The summed E-state index contributed by atoms with van der Waals surface area (Å²) in [5.41, 5.74) is -0.668. The van der Waals surface area contributed by atoms with Gasteiger partial charge in [-0.15, -0.1) is 11.3 Å². The second kappa shape index (κ2) is 15.2. The molecule has 1 atom stereocenters. The number of aromatic nitrogens is 2. The minimum atomic E-state index is -4.22. The number of para-hydroxylation sites is 1. The van der Waals surface area contributed by atoms with E-state index in [1.165, 1.54) is 53.3 Å². The quantitative estimate of drug-likeness (QED) is 0.0688. The zero-order valence-corrected chi connectivity index (χ0v) is 29.0. The number of sulfonamides is 1. The van der Waals surface area contributed by atoms with Crippen LogP contribution in [0.4, 0.5) is 0 Å². The van der Waals surface area contributed by atoms with Gasteiger partial charge in [-0.25, -0.2) is 13.2 Å². The number of fused-ring (bicyclic) bond motifs is 1. The lowest BCUT2D eigenvalue weighted by Crippen LogP contribution is -2.46. The summed E-state index contributed by atoms with van der Waals surface area (Å²) in [5, 5.41) is 1.72. The number of likely N-dealkylation sites (N-methyl/N-ethyl adjacent to an activating group) is 1. The lowest BCUT2D eigenvalue weighted by atomic mass is 10.2. The number of carbonyl (C=O) groups is 1. The van der Waals surface area contributed by atoms with Crippen molar-refractivity contribution in [2.45, 2.75) is 56.3 Å². The van der Waals surface area contributed by atoms with Crippen molar-refractivity contribution in [3.8, 4) is 11.5 Å². The van der Waals surface area contributed by atoms with Gasteiger partial charge in [0.25, 0.3) is 5.56 Å². The number of nitrogens with zero attached hydrogens (tertiary/aromatic N) is 3. The molecule has 14 heteroatoms. The van der Waals surface area contributed by atoms with Crippen molar-refractivity contribution in [2.75, 3.05) is 20.3 Å². The first-order valence-electron chi connectivity index (χ1n) is 14.7. The zero-order chi connectivity index (χ0) is 33.5.